The molecule has 0 amide bonds. The van der Waals surface area contributed by atoms with E-state index in [1.165, 1.54) is 5.56 Å². The van der Waals surface area contributed by atoms with E-state index in [9.17, 15) is 4.79 Å². The Bertz CT molecular complexity index is 462. The number of piperazine rings is 1. The average molecular weight is 348 g/mol. The van der Waals surface area contributed by atoms with Crippen LogP contribution in [0.2, 0.25) is 5.02 Å². The van der Waals surface area contributed by atoms with Crippen LogP contribution < -0.4 is 0 Å². The largest absolute Gasteiger partial charge is 0.480 e. The van der Waals surface area contributed by atoms with Crippen LogP contribution in [0.4, 0.5) is 0 Å². The summed E-state index contributed by atoms with van der Waals surface area (Å²) < 4.78 is 1.06. The van der Waals surface area contributed by atoms with Crippen molar-refractivity contribution in [3.63, 3.8) is 0 Å². The van der Waals surface area contributed by atoms with E-state index < -0.39 is 5.97 Å². The Labute approximate surface area is 126 Å². The zero-order chi connectivity index (χ0) is 13.8. The van der Waals surface area contributed by atoms with Gasteiger partial charge in [-0.3, -0.25) is 14.6 Å². The normalized spacial score (nSPS) is 17.6. The third-order valence-electron chi connectivity index (χ3n) is 3.23. The number of hydrogen-bond donors (Lipinski definition) is 1. The summed E-state index contributed by atoms with van der Waals surface area (Å²) in [5.41, 5.74) is 1.17. The lowest BCUT2D eigenvalue weighted by Crippen LogP contribution is -2.47. The number of halogens is 2. The number of hydrogen-bond acceptors (Lipinski definition) is 3. The van der Waals surface area contributed by atoms with Crippen LogP contribution in [-0.2, 0) is 11.3 Å². The molecular formula is C13H16BrClN2O2. The second kappa shape index (κ2) is 6.70. The third kappa shape index (κ3) is 4.45. The van der Waals surface area contributed by atoms with E-state index in [1.54, 1.807) is 0 Å². The molecule has 0 saturated carbocycles. The van der Waals surface area contributed by atoms with Gasteiger partial charge >= 0.3 is 5.97 Å². The fraction of sp³-hybridized carbons (Fsp3) is 0.462. The van der Waals surface area contributed by atoms with Gasteiger partial charge in [0.25, 0.3) is 0 Å². The highest BCUT2D eigenvalue weighted by Crippen LogP contribution is 2.23. The van der Waals surface area contributed by atoms with Gasteiger partial charge in [0.1, 0.15) is 0 Å². The van der Waals surface area contributed by atoms with Gasteiger partial charge in [-0.2, -0.15) is 0 Å². The lowest BCUT2D eigenvalue weighted by atomic mass is 10.2. The Morgan fingerprint density at radius 1 is 1.26 bits per heavy atom. The van der Waals surface area contributed by atoms with Crippen LogP contribution in [0.25, 0.3) is 0 Å². The number of benzene rings is 1. The fourth-order valence-corrected chi connectivity index (χ4v) is 2.77. The first kappa shape index (κ1) is 14.8. The minimum atomic E-state index is -0.758. The lowest BCUT2D eigenvalue weighted by molar-refractivity contribution is -0.138. The summed E-state index contributed by atoms with van der Waals surface area (Å²) >= 11 is 9.53. The van der Waals surface area contributed by atoms with E-state index in [-0.39, 0.29) is 6.54 Å². The van der Waals surface area contributed by atoms with Gasteiger partial charge in [0.15, 0.2) is 0 Å². The zero-order valence-electron chi connectivity index (χ0n) is 10.5. The molecule has 104 valence electrons. The van der Waals surface area contributed by atoms with Gasteiger partial charge in [-0.05, 0) is 23.8 Å². The molecule has 1 aromatic rings. The molecule has 0 atom stereocenters. The molecule has 6 heteroatoms. The van der Waals surface area contributed by atoms with Crippen LogP contribution in [0.1, 0.15) is 5.56 Å². The molecular weight excluding hydrogens is 332 g/mol. The second-order valence-electron chi connectivity index (χ2n) is 4.68. The first-order valence-electron chi connectivity index (χ1n) is 6.15. The standard InChI is InChI=1S/C13H16BrClN2O2/c14-12-2-1-11(15)7-10(12)8-16-3-5-17(6-4-16)9-13(18)19/h1-2,7H,3-6,8-9H2,(H,18,19). The minimum Gasteiger partial charge on any atom is -0.480 e. The van der Waals surface area contributed by atoms with Crippen molar-refractivity contribution in [3.05, 3.63) is 33.3 Å². The van der Waals surface area contributed by atoms with Gasteiger partial charge in [-0.1, -0.05) is 27.5 Å². The molecule has 4 nitrogen and oxygen atoms in total. The molecule has 1 aliphatic rings. The monoisotopic (exact) mass is 346 g/mol. The van der Waals surface area contributed by atoms with E-state index in [4.69, 9.17) is 16.7 Å². The molecule has 2 rings (SSSR count). The molecule has 0 radical (unpaired) electrons. The van der Waals surface area contributed by atoms with Crippen LogP contribution in [0.5, 0.6) is 0 Å². The van der Waals surface area contributed by atoms with Crippen molar-refractivity contribution in [2.45, 2.75) is 6.54 Å². The van der Waals surface area contributed by atoms with Crippen molar-refractivity contribution in [2.24, 2.45) is 0 Å². The highest BCUT2D eigenvalue weighted by molar-refractivity contribution is 9.10. The van der Waals surface area contributed by atoms with Crippen LogP contribution in [0, 0.1) is 0 Å². The predicted octanol–water partition coefficient (Wildman–Crippen LogP) is 2.30. The summed E-state index contributed by atoms with van der Waals surface area (Å²) in [5, 5.41) is 9.50. The number of carboxylic acid groups (broad SMARTS) is 1. The number of aliphatic carboxylic acids is 1. The summed E-state index contributed by atoms with van der Waals surface area (Å²) in [6, 6.07) is 5.79. The van der Waals surface area contributed by atoms with Gasteiger partial charge in [0.2, 0.25) is 0 Å². The Morgan fingerprint density at radius 2 is 1.89 bits per heavy atom. The number of carboxylic acids is 1. The molecule has 1 N–H and O–H groups in total. The van der Waals surface area contributed by atoms with Gasteiger partial charge in [-0.15, -0.1) is 0 Å². The van der Waals surface area contributed by atoms with Crippen LogP contribution in [0.3, 0.4) is 0 Å². The smallest absolute Gasteiger partial charge is 0.317 e. The number of carbonyl (C=O) groups is 1. The Morgan fingerprint density at radius 3 is 2.53 bits per heavy atom. The molecule has 0 bridgehead atoms. The Kier molecular flexibility index (Phi) is 5.21. The van der Waals surface area contributed by atoms with Crippen molar-refractivity contribution < 1.29 is 9.90 Å². The molecule has 0 aliphatic carbocycles. The highest BCUT2D eigenvalue weighted by Gasteiger charge is 2.19. The molecule has 1 aromatic carbocycles. The van der Waals surface area contributed by atoms with Gasteiger partial charge in [0.05, 0.1) is 6.54 Å². The maximum absolute atomic E-state index is 10.6. The minimum absolute atomic E-state index is 0.134. The highest BCUT2D eigenvalue weighted by atomic mass is 79.9. The number of nitrogens with zero attached hydrogens (tertiary/aromatic N) is 2. The molecule has 1 heterocycles. The van der Waals surface area contributed by atoms with Crippen molar-refractivity contribution in [2.75, 3.05) is 32.7 Å². The van der Waals surface area contributed by atoms with Crippen LogP contribution >= 0.6 is 27.5 Å². The SMILES string of the molecule is O=C(O)CN1CCN(Cc2cc(Cl)ccc2Br)CC1. The van der Waals surface area contributed by atoms with Crippen LogP contribution in [-0.4, -0.2) is 53.6 Å². The van der Waals surface area contributed by atoms with E-state index in [1.807, 2.05) is 23.1 Å². The first-order chi connectivity index (χ1) is 9.04. The molecule has 1 aliphatic heterocycles. The van der Waals surface area contributed by atoms with E-state index in [0.717, 1.165) is 42.2 Å². The molecule has 0 unspecified atom stereocenters. The van der Waals surface area contributed by atoms with Crippen molar-refractivity contribution in [3.8, 4) is 0 Å². The van der Waals surface area contributed by atoms with Gasteiger partial charge < -0.3 is 5.11 Å². The topological polar surface area (TPSA) is 43.8 Å². The molecule has 1 saturated heterocycles. The summed E-state index contributed by atoms with van der Waals surface area (Å²) in [6.45, 7) is 4.32. The van der Waals surface area contributed by atoms with Gasteiger partial charge in [0, 0.05) is 42.2 Å². The van der Waals surface area contributed by atoms with Gasteiger partial charge in [-0.25, -0.2) is 0 Å². The summed E-state index contributed by atoms with van der Waals surface area (Å²) in [5.74, 6) is -0.758. The predicted molar refractivity (Wildman–Crippen MR) is 78.5 cm³/mol. The third-order valence-corrected chi connectivity index (χ3v) is 4.23. The molecule has 1 fully saturated rings. The molecule has 19 heavy (non-hydrogen) atoms. The Balaban J connectivity index is 1.88. The van der Waals surface area contributed by atoms with E-state index in [0.29, 0.717) is 0 Å². The zero-order valence-corrected chi connectivity index (χ0v) is 12.8. The number of rotatable bonds is 4. The summed E-state index contributed by atoms with van der Waals surface area (Å²) in [6.07, 6.45) is 0. The maximum atomic E-state index is 10.6. The second-order valence-corrected chi connectivity index (χ2v) is 5.97. The van der Waals surface area contributed by atoms with Crippen molar-refractivity contribution in [1.29, 1.82) is 0 Å². The Hall–Kier alpha value is -0.620. The average Bonchev–Trinajstić information content (AvgIpc) is 2.35. The quantitative estimate of drug-likeness (QED) is 0.908. The fourth-order valence-electron chi connectivity index (χ4n) is 2.20. The maximum Gasteiger partial charge on any atom is 0.317 e. The van der Waals surface area contributed by atoms with Crippen LogP contribution in [0.15, 0.2) is 22.7 Å². The van der Waals surface area contributed by atoms with Crippen molar-refractivity contribution >= 4 is 33.5 Å². The molecule has 0 spiro atoms. The first-order valence-corrected chi connectivity index (χ1v) is 7.32. The lowest BCUT2D eigenvalue weighted by Gasteiger charge is -2.33. The van der Waals surface area contributed by atoms with E-state index in [2.05, 4.69) is 20.8 Å². The van der Waals surface area contributed by atoms with Crippen molar-refractivity contribution in [1.82, 2.24) is 9.80 Å². The van der Waals surface area contributed by atoms with E-state index >= 15 is 0 Å². The molecule has 0 aromatic heterocycles. The summed E-state index contributed by atoms with van der Waals surface area (Å²) in [4.78, 5) is 14.9. The summed E-state index contributed by atoms with van der Waals surface area (Å²) in [7, 11) is 0.